The first-order valence-electron chi connectivity index (χ1n) is 7.56. The van der Waals surface area contributed by atoms with E-state index in [9.17, 15) is 14.3 Å². The summed E-state index contributed by atoms with van der Waals surface area (Å²) in [6.45, 7) is 1.09. The summed E-state index contributed by atoms with van der Waals surface area (Å²) in [7, 11) is 0. The van der Waals surface area contributed by atoms with E-state index in [-0.39, 0.29) is 17.5 Å². The van der Waals surface area contributed by atoms with Gasteiger partial charge < -0.3 is 15.7 Å². The summed E-state index contributed by atoms with van der Waals surface area (Å²) in [6.07, 6.45) is 4.57. The molecular weight excluding hydrogens is 271 g/mol. The fourth-order valence-corrected chi connectivity index (χ4v) is 3.65. The summed E-state index contributed by atoms with van der Waals surface area (Å²) in [5, 5.41) is 10.6. The van der Waals surface area contributed by atoms with Gasteiger partial charge in [0.2, 0.25) is 0 Å². The molecule has 1 aliphatic carbocycles. The van der Waals surface area contributed by atoms with Gasteiger partial charge in [-0.05, 0) is 37.5 Å². The van der Waals surface area contributed by atoms with E-state index in [4.69, 9.17) is 5.73 Å². The van der Waals surface area contributed by atoms with Crippen molar-refractivity contribution in [2.24, 2.45) is 5.92 Å². The summed E-state index contributed by atoms with van der Waals surface area (Å²) in [4.78, 5) is 14.3. The van der Waals surface area contributed by atoms with Gasteiger partial charge in [0, 0.05) is 24.7 Å². The second-order valence-corrected chi connectivity index (χ2v) is 6.28. The minimum Gasteiger partial charge on any atom is -0.398 e. The normalized spacial score (nSPS) is 29.0. The number of anilines is 1. The van der Waals surface area contributed by atoms with Gasteiger partial charge in [-0.15, -0.1) is 0 Å². The monoisotopic (exact) mass is 292 g/mol. The van der Waals surface area contributed by atoms with E-state index in [0.29, 0.717) is 25.1 Å². The third-order valence-corrected chi connectivity index (χ3v) is 4.96. The quantitative estimate of drug-likeness (QED) is 0.780. The number of nitrogens with zero attached hydrogens (tertiary/aromatic N) is 1. The number of aliphatic hydroxyl groups is 1. The number of carbonyl (C=O) groups excluding carboxylic acids is 1. The van der Waals surface area contributed by atoms with Gasteiger partial charge in [-0.3, -0.25) is 4.79 Å². The standard InChI is InChI=1S/C16H21FN2O2/c17-12-4-5-13(14(18)9-12)15(20)19-8-7-16(21)6-2-1-3-11(16)10-19/h4-5,9,11,21H,1-3,6-8,10,18H2. The number of nitrogen functional groups attached to an aromatic ring is 1. The predicted octanol–water partition coefficient (Wildman–Crippen LogP) is 2.18. The molecule has 3 rings (SSSR count). The number of piperidine rings is 1. The van der Waals surface area contributed by atoms with E-state index in [2.05, 4.69) is 0 Å². The fourth-order valence-electron chi connectivity index (χ4n) is 3.65. The number of nitrogens with two attached hydrogens (primary N) is 1. The van der Waals surface area contributed by atoms with E-state index in [1.165, 1.54) is 18.2 Å². The van der Waals surface area contributed by atoms with Crippen LogP contribution < -0.4 is 5.73 Å². The van der Waals surface area contributed by atoms with Crippen molar-refractivity contribution in [3.8, 4) is 0 Å². The number of fused-ring (bicyclic) bond motifs is 1. The van der Waals surface area contributed by atoms with Crippen LogP contribution in [-0.4, -0.2) is 34.6 Å². The summed E-state index contributed by atoms with van der Waals surface area (Å²) >= 11 is 0. The second-order valence-electron chi connectivity index (χ2n) is 6.28. The third kappa shape index (κ3) is 2.62. The summed E-state index contributed by atoms with van der Waals surface area (Å²) in [6, 6.07) is 3.87. The average molecular weight is 292 g/mol. The number of hydrogen-bond acceptors (Lipinski definition) is 3. The number of likely N-dealkylation sites (tertiary alicyclic amines) is 1. The molecule has 0 bridgehead atoms. The molecule has 1 saturated carbocycles. The number of rotatable bonds is 1. The average Bonchev–Trinajstić information content (AvgIpc) is 2.45. The van der Waals surface area contributed by atoms with E-state index < -0.39 is 11.4 Å². The second kappa shape index (κ2) is 5.30. The molecule has 114 valence electrons. The highest BCUT2D eigenvalue weighted by Gasteiger charge is 2.43. The highest BCUT2D eigenvalue weighted by atomic mass is 19.1. The first kappa shape index (κ1) is 14.3. The van der Waals surface area contributed by atoms with Crippen LogP contribution in [0.3, 0.4) is 0 Å². The molecule has 1 saturated heterocycles. The van der Waals surface area contributed by atoms with Crippen LogP contribution in [0.15, 0.2) is 18.2 Å². The molecule has 3 N–H and O–H groups in total. The van der Waals surface area contributed by atoms with Crippen molar-refractivity contribution in [3.05, 3.63) is 29.6 Å². The molecule has 2 fully saturated rings. The highest BCUT2D eigenvalue weighted by Crippen LogP contribution is 2.40. The first-order chi connectivity index (χ1) is 9.99. The Morgan fingerprint density at radius 2 is 2.19 bits per heavy atom. The van der Waals surface area contributed by atoms with Gasteiger partial charge in [-0.1, -0.05) is 12.8 Å². The van der Waals surface area contributed by atoms with Crippen molar-refractivity contribution in [1.29, 1.82) is 0 Å². The van der Waals surface area contributed by atoms with Gasteiger partial charge in [0.15, 0.2) is 0 Å². The van der Waals surface area contributed by atoms with E-state index >= 15 is 0 Å². The Labute approximate surface area is 123 Å². The zero-order chi connectivity index (χ0) is 15.0. The van der Waals surface area contributed by atoms with Crippen LogP contribution in [0.2, 0.25) is 0 Å². The number of amides is 1. The van der Waals surface area contributed by atoms with E-state index in [1.54, 1.807) is 4.90 Å². The molecule has 1 aromatic carbocycles. The maximum atomic E-state index is 13.1. The molecule has 2 aliphatic rings. The van der Waals surface area contributed by atoms with Gasteiger partial charge in [0.05, 0.1) is 11.2 Å². The van der Waals surface area contributed by atoms with Crippen LogP contribution >= 0.6 is 0 Å². The molecule has 5 heteroatoms. The lowest BCUT2D eigenvalue weighted by Gasteiger charge is -2.47. The molecule has 2 atom stereocenters. The molecule has 0 radical (unpaired) electrons. The molecule has 1 aromatic rings. The van der Waals surface area contributed by atoms with Crippen molar-refractivity contribution in [2.75, 3.05) is 18.8 Å². The van der Waals surface area contributed by atoms with Gasteiger partial charge in [-0.2, -0.15) is 0 Å². The Kier molecular flexibility index (Phi) is 3.61. The predicted molar refractivity (Wildman–Crippen MR) is 78.2 cm³/mol. The van der Waals surface area contributed by atoms with Crippen LogP contribution in [-0.2, 0) is 0 Å². The lowest BCUT2D eigenvalue weighted by molar-refractivity contribution is -0.0886. The molecular formula is C16H21FN2O2. The minimum absolute atomic E-state index is 0.144. The van der Waals surface area contributed by atoms with Crippen molar-refractivity contribution in [3.63, 3.8) is 0 Å². The summed E-state index contributed by atoms with van der Waals surface area (Å²) in [5.74, 6) is -0.463. The number of carbonyl (C=O) groups is 1. The van der Waals surface area contributed by atoms with Crippen LogP contribution in [0.5, 0.6) is 0 Å². The van der Waals surface area contributed by atoms with Gasteiger partial charge in [0.1, 0.15) is 5.82 Å². The minimum atomic E-state index is -0.608. The smallest absolute Gasteiger partial charge is 0.255 e. The Morgan fingerprint density at radius 3 is 2.95 bits per heavy atom. The molecule has 2 unspecified atom stereocenters. The maximum absolute atomic E-state index is 13.1. The Hall–Kier alpha value is -1.62. The van der Waals surface area contributed by atoms with Crippen molar-refractivity contribution in [1.82, 2.24) is 4.90 Å². The van der Waals surface area contributed by atoms with Crippen LogP contribution in [0.1, 0.15) is 42.5 Å². The maximum Gasteiger partial charge on any atom is 0.255 e. The summed E-state index contributed by atoms with van der Waals surface area (Å²) in [5.41, 5.74) is 5.66. The number of benzene rings is 1. The molecule has 0 aromatic heterocycles. The number of halogens is 1. The largest absolute Gasteiger partial charge is 0.398 e. The Balaban J connectivity index is 1.77. The zero-order valence-corrected chi connectivity index (χ0v) is 12.0. The van der Waals surface area contributed by atoms with Crippen LogP contribution in [0.25, 0.3) is 0 Å². The lowest BCUT2D eigenvalue weighted by atomic mass is 9.71. The Morgan fingerprint density at radius 1 is 1.38 bits per heavy atom. The molecule has 1 heterocycles. The van der Waals surface area contributed by atoms with Gasteiger partial charge in [-0.25, -0.2) is 4.39 Å². The summed E-state index contributed by atoms with van der Waals surface area (Å²) < 4.78 is 13.1. The topological polar surface area (TPSA) is 66.6 Å². The zero-order valence-electron chi connectivity index (χ0n) is 12.0. The highest BCUT2D eigenvalue weighted by molar-refractivity contribution is 5.99. The molecule has 21 heavy (non-hydrogen) atoms. The van der Waals surface area contributed by atoms with Crippen molar-refractivity contribution >= 4 is 11.6 Å². The lowest BCUT2D eigenvalue weighted by Crippen LogP contribution is -2.54. The number of hydrogen-bond donors (Lipinski definition) is 2. The van der Waals surface area contributed by atoms with E-state index in [1.807, 2.05) is 0 Å². The van der Waals surface area contributed by atoms with E-state index in [0.717, 1.165) is 25.7 Å². The van der Waals surface area contributed by atoms with Crippen molar-refractivity contribution < 1.29 is 14.3 Å². The molecule has 1 amide bonds. The first-order valence-corrected chi connectivity index (χ1v) is 7.56. The molecule has 0 spiro atoms. The van der Waals surface area contributed by atoms with Crippen LogP contribution in [0, 0.1) is 11.7 Å². The molecule has 1 aliphatic heterocycles. The Bertz CT molecular complexity index is 563. The van der Waals surface area contributed by atoms with Gasteiger partial charge in [0.25, 0.3) is 5.91 Å². The fraction of sp³-hybridized carbons (Fsp3) is 0.562. The third-order valence-electron chi connectivity index (χ3n) is 4.96. The van der Waals surface area contributed by atoms with Crippen molar-refractivity contribution in [2.45, 2.75) is 37.7 Å². The van der Waals surface area contributed by atoms with Gasteiger partial charge >= 0.3 is 0 Å². The SMILES string of the molecule is Nc1cc(F)ccc1C(=O)N1CCC2(O)CCCCC2C1. The molecule has 4 nitrogen and oxygen atoms in total. The van der Waals surface area contributed by atoms with Crippen LogP contribution in [0.4, 0.5) is 10.1 Å².